The topological polar surface area (TPSA) is 44.7 Å². The SMILES string of the molecule is CCOc1cccc(CNCCN(C)C(C)C)c1O. The van der Waals surface area contributed by atoms with Gasteiger partial charge in [0.2, 0.25) is 0 Å². The molecular formula is C15H26N2O2. The highest BCUT2D eigenvalue weighted by molar-refractivity contribution is 5.45. The van der Waals surface area contributed by atoms with Gasteiger partial charge in [0.1, 0.15) is 0 Å². The molecule has 1 aromatic rings. The maximum absolute atomic E-state index is 10.0. The van der Waals surface area contributed by atoms with Crippen molar-refractivity contribution in [2.45, 2.75) is 33.4 Å². The van der Waals surface area contributed by atoms with Gasteiger partial charge in [-0.2, -0.15) is 0 Å². The van der Waals surface area contributed by atoms with Gasteiger partial charge >= 0.3 is 0 Å². The molecule has 0 fully saturated rings. The number of nitrogens with zero attached hydrogens (tertiary/aromatic N) is 1. The van der Waals surface area contributed by atoms with Crippen LogP contribution < -0.4 is 10.1 Å². The highest BCUT2D eigenvalue weighted by Gasteiger charge is 2.07. The lowest BCUT2D eigenvalue weighted by Crippen LogP contribution is -2.33. The first-order valence-electron chi connectivity index (χ1n) is 6.90. The van der Waals surface area contributed by atoms with Crippen molar-refractivity contribution in [2.75, 3.05) is 26.7 Å². The van der Waals surface area contributed by atoms with Gasteiger partial charge < -0.3 is 20.1 Å². The second kappa shape index (κ2) is 8.02. The molecule has 0 aromatic heterocycles. The van der Waals surface area contributed by atoms with Gasteiger partial charge in [0.15, 0.2) is 11.5 Å². The lowest BCUT2D eigenvalue weighted by atomic mass is 10.2. The number of rotatable bonds is 8. The standard InChI is InChI=1S/C15H26N2O2/c1-5-19-14-8-6-7-13(15(14)18)11-16-9-10-17(4)12(2)3/h6-8,12,16,18H,5,9-11H2,1-4H3. The van der Waals surface area contributed by atoms with Gasteiger partial charge in [-0.3, -0.25) is 0 Å². The molecular weight excluding hydrogens is 240 g/mol. The maximum Gasteiger partial charge on any atom is 0.162 e. The Morgan fingerprint density at radius 2 is 2.11 bits per heavy atom. The Balaban J connectivity index is 2.43. The van der Waals surface area contributed by atoms with Crippen LogP contribution in [0.25, 0.3) is 0 Å². The van der Waals surface area contributed by atoms with E-state index in [4.69, 9.17) is 4.74 Å². The molecule has 0 aliphatic heterocycles. The van der Waals surface area contributed by atoms with E-state index in [1.54, 1.807) is 6.07 Å². The van der Waals surface area contributed by atoms with Crippen LogP contribution in [0.4, 0.5) is 0 Å². The largest absolute Gasteiger partial charge is 0.504 e. The molecule has 0 atom stereocenters. The van der Waals surface area contributed by atoms with E-state index in [0.717, 1.165) is 18.7 Å². The molecule has 0 aliphatic rings. The summed E-state index contributed by atoms with van der Waals surface area (Å²) in [5, 5.41) is 13.4. The highest BCUT2D eigenvalue weighted by Crippen LogP contribution is 2.29. The van der Waals surface area contributed by atoms with Crippen LogP contribution >= 0.6 is 0 Å². The Morgan fingerprint density at radius 1 is 1.37 bits per heavy atom. The zero-order valence-corrected chi connectivity index (χ0v) is 12.4. The lowest BCUT2D eigenvalue weighted by molar-refractivity contribution is 0.273. The van der Waals surface area contributed by atoms with Crippen LogP contribution in [-0.4, -0.2) is 42.8 Å². The van der Waals surface area contributed by atoms with Gasteiger partial charge in [-0.15, -0.1) is 0 Å². The van der Waals surface area contributed by atoms with Crippen molar-refractivity contribution in [1.29, 1.82) is 0 Å². The normalized spacial score (nSPS) is 11.3. The van der Waals surface area contributed by atoms with Gasteiger partial charge in [-0.05, 0) is 33.9 Å². The van der Waals surface area contributed by atoms with Crippen molar-refractivity contribution in [3.8, 4) is 11.5 Å². The zero-order chi connectivity index (χ0) is 14.3. The first-order valence-corrected chi connectivity index (χ1v) is 6.90. The summed E-state index contributed by atoms with van der Waals surface area (Å²) < 4.78 is 5.37. The molecule has 0 saturated carbocycles. The summed E-state index contributed by atoms with van der Waals surface area (Å²) in [6.07, 6.45) is 0. The van der Waals surface area contributed by atoms with Gasteiger partial charge in [0.25, 0.3) is 0 Å². The van der Waals surface area contributed by atoms with E-state index >= 15 is 0 Å². The predicted molar refractivity (Wildman–Crippen MR) is 78.7 cm³/mol. The van der Waals surface area contributed by atoms with Crippen molar-refractivity contribution in [3.63, 3.8) is 0 Å². The molecule has 1 aromatic carbocycles. The summed E-state index contributed by atoms with van der Waals surface area (Å²) >= 11 is 0. The highest BCUT2D eigenvalue weighted by atomic mass is 16.5. The molecule has 0 amide bonds. The molecule has 0 saturated heterocycles. The second-order valence-corrected chi connectivity index (χ2v) is 4.95. The summed E-state index contributed by atoms with van der Waals surface area (Å²) in [6.45, 7) is 9.36. The third-order valence-corrected chi connectivity index (χ3v) is 3.22. The van der Waals surface area contributed by atoms with E-state index in [1.807, 2.05) is 19.1 Å². The molecule has 1 rings (SSSR count). The van der Waals surface area contributed by atoms with Gasteiger partial charge in [-0.1, -0.05) is 12.1 Å². The molecule has 108 valence electrons. The van der Waals surface area contributed by atoms with Gasteiger partial charge in [0, 0.05) is 31.2 Å². The van der Waals surface area contributed by atoms with E-state index in [0.29, 0.717) is 24.9 Å². The number of phenolic OH excluding ortho intramolecular Hbond substituents is 1. The molecule has 19 heavy (non-hydrogen) atoms. The quantitative estimate of drug-likeness (QED) is 0.708. The average molecular weight is 266 g/mol. The van der Waals surface area contributed by atoms with Crippen LogP contribution in [0.1, 0.15) is 26.3 Å². The van der Waals surface area contributed by atoms with Crippen LogP contribution in [0, 0.1) is 0 Å². The Morgan fingerprint density at radius 3 is 2.74 bits per heavy atom. The van der Waals surface area contributed by atoms with Crippen molar-refractivity contribution in [3.05, 3.63) is 23.8 Å². The molecule has 0 heterocycles. The van der Waals surface area contributed by atoms with Crippen LogP contribution in [0.3, 0.4) is 0 Å². The third-order valence-electron chi connectivity index (χ3n) is 3.22. The smallest absolute Gasteiger partial charge is 0.162 e. The van der Waals surface area contributed by atoms with Crippen LogP contribution in [0.5, 0.6) is 11.5 Å². The summed E-state index contributed by atoms with van der Waals surface area (Å²) in [4.78, 5) is 2.28. The average Bonchev–Trinajstić information content (AvgIpc) is 2.38. The molecule has 4 nitrogen and oxygen atoms in total. The number of phenols is 1. The lowest BCUT2D eigenvalue weighted by Gasteiger charge is -2.21. The van der Waals surface area contributed by atoms with E-state index in [-0.39, 0.29) is 5.75 Å². The molecule has 2 N–H and O–H groups in total. The van der Waals surface area contributed by atoms with Gasteiger partial charge in [-0.25, -0.2) is 0 Å². The van der Waals surface area contributed by atoms with Crippen molar-refractivity contribution in [2.24, 2.45) is 0 Å². The Kier molecular flexibility index (Phi) is 6.67. The first kappa shape index (κ1) is 15.8. The fraction of sp³-hybridized carbons (Fsp3) is 0.600. The summed E-state index contributed by atoms with van der Waals surface area (Å²) in [5.74, 6) is 0.801. The number of hydrogen-bond acceptors (Lipinski definition) is 4. The zero-order valence-electron chi connectivity index (χ0n) is 12.4. The van der Waals surface area contributed by atoms with Crippen molar-refractivity contribution < 1.29 is 9.84 Å². The van der Waals surface area contributed by atoms with Crippen molar-refractivity contribution in [1.82, 2.24) is 10.2 Å². The Hall–Kier alpha value is -1.26. The number of aromatic hydroxyl groups is 1. The van der Waals surface area contributed by atoms with E-state index in [1.165, 1.54) is 0 Å². The molecule has 0 spiro atoms. The fourth-order valence-corrected chi connectivity index (χ4v) is 1.72. The number of likely N-dealkylation sites (N-methyl/N-ethyl adjacent to an activating group) is 1. The predicted octanol–water partition coefficient (Wildman–Crippen LogP) is 2.22. The Bertz CT molecular complexity index is 380. The van der Waals surface area contributed by atoms with Crippen molar-refractivity contribution >= 4 is 0 Å². The third kappa shape index (κ3) is 5.09. The van der Waals surface area contributed by atoms with Crippen LogP contribution in [-0.2, 0) is 6.54 Å². The summed E-state index contributed by atoms with van der Waals surface area (Å²) in [5.41, 5.74) is 0.873. The van der Waals surface area contributed by atoms with Crippen LogP contribution in [0.2, 0.25) is 0 Å². The van der Waals surface area contributed by atoms with Gasteiger partial charge in [0.05, 0.1) is 6.61 Å². The molecule has 0 bridgehead atoms. The monoisotopic (exact) mass is 266 g/mol. The number of benzene rings is 1. The minimum atomic E-state index is 0.245. The summed E-state index contributed by atoms with van der Waals surface area (Å²) in [7, 11) is 2.11. The second-order valence-electron chi connectivity index (χ2n) is 4.95. The van der Waals surface area contributed by atoms with E-state index < -0.39 is 0 Å². The molecule has 0 radical (unpaired) electrons. The van der Waals surface area contributed by atoms with E-state index in [2.05, 4.69) is 31.1 Å². The van der Waals surface area contributed by atoms with Crippen LogP contribution in [0.15, 0.2) is 18.2 Å². The first-order chi connectivity index (χ1) is 9.06. The maximum atomic E-state index is 10.0. The summed E-state index contributed by atoms with van der Waals surface area (Å²) in [6, 6.07) is 6.16. The minimum Gasteiger partial charge on any atom is -0.504 e. The number of nitrogens with one attached hydrogen (secondary N) is 1. The molecule has 4 heteroatoms. The minimum absolute atomic E-state index is 0.245. The van der Waals surface area contributed by atoms with E-state index in [9.17, 15) is 5.11 Å². The number of para-hydroxylation sites is 1. The fourth-order valence-electron chi connectivity index (χ4n) is 1.72. The number of hydrogen-bond donors (Lipinski definition) is 2. The Labute approximate surface area is 116 Å². The molecule has 0 unspecified atom stereocenters. The molecule has 0 aliphatic carbocycles. The number of ether oxygens (including phenoxy) is 1.